The highest BCUT2D eigenvalue weighted by atomic mass is 35.5. The fourth-order valence-electron chi connectivity index (χ4n) is 2.02. The van der Waals surface area contributed by atoms with Gasteiger partial charge in [0.25, 0.3) is 0 Å². The van der Waals surface area contributed by atoms with E-state index >= 15 is 0 Å². The van der Waals surface area contributed by atoms with E-state index in [9.17, 15) is 4.79 Å². The van der Waals surface area contributed by atoms with Crippen LogP contribution in [0, 0.1) is 0 Å². The molecule has 1 aliphatic heterocycles. The quantitative estimate of drug-likeness (QED) is 0.760. The lowest BCUT2D eigenvalue weighted by Gasteiger charge is -2.32. The number of hydrogen-bond acceptors (Lipinski definition) is 4. The lowest BCUT2D eigenvalue weighted by molar-refractivity contribution is -0.147. The van der Waals surface area contributed by atoms with Crippen molar-refractivity contribution in [2.45, 2.75) is 25.9 Å². The summed E-state index contributed by atoms with van der Waals surface area (Å²) in [7, 11) is 0. The molecule has 17 heavy (non-hydrogen) atoms. The van der Waals surface area contributed by atoms with Gasteiger partial charge < -0.3 is 9.64 Å². The van der Waals surface area contributed by atoms with Crippen LogP contribution >= 0.6 is 12.4 Å². The largest absolute Gasteiger partial charge is 0.462 e. The Balaban J connectivity index is 0.00000144. The molecule has 0 N–H and O–H groups in total. The first-order valence-corrected chi connectivity index (χ1v) is 5.58. The lowest BCUT2D eigenvalue weighted by atomic mass is 10.1. The molecule has 0 unspecified atom stereocenters. The molecule has 0 spiro atoms. The molecule has 0 bridgehead atoms. The highest BCUT2D eigenvalue weighted by Crippen LogP contribution is 2.20. The zero-order valence-electron chi connectivity index (χ0n) is 9.83. The minimum Gasteiger partial charge on any atom is -0.462 e. The highest BCUT2D eigenvalue weighted by Gasteiger charge is 2.21. The van der Waals surface area contributed by atoms with Crippen molar-refractivity contribution in [1.29, 1.82) is 0 Å². The van der Waals surface area contributed by atoms with Crippen LogP contribution in [-0.2, 0) is 9.53 Å². The van der Waals surface area contributed by atoms with Crippen LogP contribution in [0.5, 0.6) is 0 Å². The SMILES string of the molecule is CC(=O)OC1CCN(c2ccncc2)CC1.Cl. The molecule has 1 aromatic heterocycles. The second-order valence-electron chi connectivity index (χ2n) is 4.00. The normalized spacial score (nSPS) is 16.2. The van der Waals surface area contributed by atoms with Gasteiger partial charge in [-0.05, 0) is 12.1 Å². The molecule has 2 heterocycles. The van der Waals surface area contributed by atoms with Gasteiger partial charge in [0, 0.05) is 50.9 Å². The molecule has 1 aliphatic rings. The monoisotopic (exact) mass is 256 g/mol. The summed E-state index contributed by atoms with van der Waals surface area (Å²) in [5.74, 6) is -0.178. The number of anilines is 1. The minimum absolute atomic E-state index is 0. The molecule has 0 aliphatic carbocycles. The Morgan fingerprint density at radius 2 is 1.94 bits per heavy atom. The van der Waals surface area contributed by atoms with Crippen LogP contribution in [0.25, 0.3) is 0 Å². The number of carbonyl (C=O) groups excluding carboxylic acids is 1. The molecule has 1 fully saturated rings. The van der Waals surface area contributed by atoms with Crippen LogP contribution in [0.1, 0.15) is 19.8 Å². The zero-order chi connectivity index (χ0) is 11.4. The Kier molecular flexibility index (Phi) is 5.22. The molecular weight excluding hydrogens is 240 g/mol. The lowest BCUT2D eigenvalue weighted by Crippen LogP contribution is -2.37. The average Bonchev–Trinajstić information content (AvgIpc) is 2.30. The van der Waals surface area contributed by atoms with E-state index in [1.54, 1.807) is 12.4 Å². The summed E-state index contributed by atoms with van der Waals surface area (Å²) in [5, 5.41) is 0. The number of aromatic nitrogens is 1. The molecule has 0 saturated carbocycles. The predicted molar refractivity (Wildman–Crippen MR) is 68.5 cm³/mol. The van der Waals surface area contributed by atoms with Gasteiger partial charge in [0.15, 0.2) is 0 Å². The van der Waals surface area contributed by atoms with Crippen molar-refractivity contribution in [2.24, 2.45) is 0 Å². The van der Waals surface area contributed by atoms with E-state index in [1.807, 2.05) is 12.1 Å². The molecule has 0 aromatic carbocycles. The third kappa shape index (κ3) is 3.89. The fourth-order valence-corrected chi connectivity index (χ4v) is 2.02. The van der Waals surface area contributed by atoms with E-state index < -0.39 is 0 Å². The number of rotatable bonds is 2. The molecule has 94 valence electrons. The van der Waals surface area contributed by atoms with Gasteiger partial charge in [-0.25, -0.2) is 0 Å². The molecular formula is C12H17ClN2O2. The van der Waals surface area contributed by atoms with E-state index in [1.165, 1.54) is 12.6 Å². The van der Waals surface area contributed by atoms with Crippen LogP contribution < -0.4 is 4.90 Å². The van der Waals surface area contributed by atoms with Crippen LogP contribution in [0.15, 0.2) is 24.5 Å². The van der Waals surface area contributed by atoms with Gasteiger partial charge in [0.1, 0.15) is 6.10 Å². The average molecular weight is 257 g/mol. The third-order valence-electron chi connectivity index (χ3n) is 2.80. The van der Waals surface area contributed by atoms with E-state index in [0.29, 0.717) is 0 Å². The van der Waals surface area contributed by atoms with Gasteiger partial charge in [-0.3, -0.25) is 9.78 Å². The highest BCUT2D eigenvalue weighted by molar-refractivity contribution is 5.85. The van der Waals surface area contributed by atoms with Crippen molar-refractivity contribution >= 4 is 24.1 Å². The maximum absolute atomic E-state index is 10.8. The van der Waals surface area contributed by atoms with E-state index in [2.05, 4.69) is 9.88 Å². The van der Waals surface area contributed by atoms with Crippen molar-refractivity contribution in [2.75, 3.05) is 18.0 Å². The Morgan fingerprint density at radius 3 is 2.47 bits per heavy atom. The van der Waals surface area contributed by atoms with E-state index in [4.69, 9.17) is 4.74 Å². The second kappa shape index (κ2) is 6.45. The van der Waals surface area contributed by atoms with Crippen molar-refractivity contribution in [1.82, 2.24) is 4.98 Å². The molecule has 0 radical (unpaired) electrons. The van der Waals surface area contributed by atoms with Gasteiger partial charge in [0.2, 0.25) is 0 Å². The number of hydrogen-bond donors (Lipinski definition) is 0. The fraction of sp³-hybridized carbons (Fsp3) is 0.500. The van der Waals surface area contributed by atoms with Crippen LogP contribution in [0.3, 0.4) is 0 Å². The van der Waals surface area contributed by atoms with E-state index in [-0.39, 0.29) is 24.5 Å². The number of ether oxygens (including phenoxy) is 1. The van der Waals surface area contributed by atoms with Crippen LogP contribution in [0.2, 0.25) is 0 Å². The molecule has 4 nitrogen and oxygen atoms in total. The van der Waals surface area contributed by atoms with Gasteiger partial charge >= 0.3 is 5.97 Å². The number of nitrogens with zero attached hydrogens (tertiary/aromatic N) is 2. The summed E-state index contributed by atoms with van der Waals surface area (Å²) >= 11 is 0. The topological polar surface area (TPSA) is 42.4 Å². The Hall–Kier alpha value is -1.29. The summed E-state index contributed by atoms with van der Waals surface area (Å²) < 4.78 is 5.20. The second-order valence-corrected chi connectivity index (χ2v) is 4.00. The summed E-state index contributed by atoms with van der Waals surface area (Å²) in [6.07, 6.45) is 5.50. The summed E-state index contributed by atoms with van der Waals surface area (Å²) in [5.41, 5.74) is 1.19. The first-order chi connectivity index (χ1) is 7.75. The van der Waals surface area contributed by atoms with Crippen molar-refractivity contribution in [3.63, 3.8) is 0 Å². The number of piperidine rings is 1. The van der Waals surface area contributed by atoms with Crippen molar-refractivity contribution in [3.8, 4) is 0 Å². The minimum atomic E-state index is -0.178. The first-order valence-electron chi connectivity index (χ1n) is 5.58. The predicted octanol–water partition coefficient (Wildman–Crippen LogP) is 2.04. The van der Waals surface area contributed by atoms with E-state index in [0.717, 1.165) is 25.9 Å². The van der Waals surface area contributed by atoms with Crippen LogP contribution in [0.4, 0.5) is 5.69 Å². The number of carbonyl (C=O) groups is 1. The van der Waals surface area contributed by atoms with Gasteiger partial charge in [-0.2, -0.15) is 0 Å². The number of halogens is 1. The molecule has 0 amide bonds. The van der Waals surface area contributed by atoms with Crippen LogP contribution in [-0.4, -0.2) is 30.1 Å². The zero-order valence-corrected chi connectivity index (χ0v) is 10.7. The molecule has 5 heteroatoms. The molecule has 2 rings (SSSR count). The Labute approximate surface area is 107 Å². The van der Waals surface area contributed by atoms with Gasteiger partial charge in [-0.15, -0.1) is 12.4 Å². The summed E-state index contributed by atoms with van der Waals surface area (Å²) in [4.78, 5) is 17.1. The maximum atomic E-state index is 10.8. The Morgan fingerprint density at radius 1 is 1.35 bits per heavy atom. The molecule has 1 saturated heterocycles. The van der Waals surface area contributed by atoms with Gasteiger partial charge in [0.05, 0.1) is 0 Å². The molecule has 1 aromatic rings. The summed E-state index contributed by atoms with van der Waals surface area (Å²) in [6.45, 7) is 3.33. The first kappa shape index (κ1) is 13.8. The molecule has 0 atom stereocenters. The number of esters is 1. The van der Waals surface area contributed by atoms with Crippen molar-refractivity contribution < 1.29 is 9.53 Å². The number of pyridine rings is 1. The summed E-state index contributed by atoms with van der Waals surface area (Å²) in [6, 6.07) is 4.01. The Bertz CT molecular complexity index is 351. The standard InChI is InChI=1S/C12H16N2O2.ClH/c1-10(15)16-12-4-8-14(9-5-12)11-2-6-13-7-3-11;/h2-3,6-7,12H,4-5,8-9H2,1H3;1H. The third-order valence-corrected chi connectivity index (χ3v) is 2.80. The van der Waals surface area contributed by atoms with Gasteiger partial charge in [-0.1, -0.05) is 0 Å². The smallest absolute Gasteiger partial charge is 0.302 e. The maximum Gasteiger partial charge on any atom is 0.302 e. The van der Waals surface area contributed by atoms with Crippen molar-refractivity contribution in [3.05, 3.63) is 24.5 Å².